The van der Waals surface area contributed by atoms with Gasteiger partial charge in [-0.15, -0.1) is 0 Å². The van der Waals surface area contributed by atoms with Gasteiger partial charge in [0, 0.05) is 0 Å². The van der Waals surface area contributed by atoms with Gasteiger partial charge in [-0.2, -0.15) is 41.3 Å². The molecule has 0 aliphatic rings. The number of alkyl halides is 7. The second kappa shape index (κ2) is 4.89. The fourth-order valence-electron chi connectivity index (χ4n) is 1.13. The Hall–Kier alpha value is -1.33. The van der Waals surface area contributed by atoms with E-state index >= 15 is 0 Å². The molecule has 0 radical (unpaired) electrons. The van der Waals surface area contributed by atoms with E-state index in [0.717, 1.165) is 19.6 Å². The van der Waals surface area contributed by atoms with Crippen LogP contribution in [-0.4, -0.2) is 31.9 Å². The third kappa shape index (κ3) is 2.88. The molecule has 11 heteroatoms. The fourth-order valence-corrected chi connectivity index (χ4v) is 2.27. The predicted octanol–water partition coefficient (Wildman–Crippen LogP) is 3.46. The minimum atomic E-state index is -6.64. The van der Waals surface area contributed by atoms with Crippen LogP contribution in [-0.2, 0) is 4.43 Å². The topological polar surface area (TPSA) is 56.8 Å². The van der Waals surface area contributed by atoms with E-state index in [1.54, 1.807) is 0 Å². The molecule has 0 atom stereocenters. The summed E-state index contributed by atoms with van der Waals surface area (Å²) in [6, 6.07) is 0.923. The van der Waals surface area contributed by atoms with Gasteiger partial charge in [0.1, 0.15) is 12.1 Å². The summed E-state index contributed by atoms with van der Waals surface area (Å²) < 4.78 is 93.5. The molecule has 0 aromatic carbocycles. The van der Waals surface area contributed by atoms with Crippen LogP contribution in [0.4, 0.5) is 30.7 Å². The summed E-state index contributed by atoms with van der Waals surface area (Å²) in [4.78, 5) is 0. The van der Waals surface area contributed by atoms with Crippen LogP contribution in [0.5, 0.6) is 0 Å². The van der Waals surface area contributed by atoms with Crippen LogP contribution in [0.3, 0.4) is 0 Å². The zero-order valence-corrected chi connectivity index (χ0v) is 11.4. The molecule has 0 N–H and O–H groups in total. The first-order valence-corrected chi connectivity index (χ1v) is 8.34. The molecule has 0 aliphatic carbocycles. The molecule has 0 aromatic rings. The maximum atomic E-state index is 13.5. The van der Waals surface area contributed by atoms with E-state index in [0.29, 0.717) is 12.1 Å². The number of nitriles is 2. The Morgan fingerprint density at radius 3 is 1.35 bits per heavy atom. The van der Waals surface area contributed by atoms with Crippen LogP contribution in [0.25, 0.3) is 0 Å². The van der Waals surface area contributed by atoms with E-state index in [2.05, 4.69) is 4.43 Å². The van der Waals surface area contributed by atoms with Gasteiger partial charge in [-0.25, -0.2) is 0 Å². The number of hydrogen-bond donors (Lipinski definition) is 0. The summed E-state index contributed by atoms with van der Waals surface area (Å²) >= 11 is 0. The molecule has 0 aromatic heterocycles. The molecule has 0 rings (SSSR count). The fraction of sp³-hybridized carbons (Fsp3) is 0.778. The molecule has 3 nitrogen and oxygen atoms in total. The van der Waals surface area contributed by atoms with Crippen molar-refractivity contribution in [3.8, 4) is 12.1 Å². The number of hydrogen-bond acceptors (Lipinski definition) is 3. The van der Waals surface area contributed by atoms with Crippen molar-refractivity contribution in [3.05, 3.63) is 0 Å². The second-order valence-electron chi connectivity index (χ2n) is 4.77. The molecule has 114 valence electrons. The second-order valence-corrected chi connectivity index (χ2v) is 9.19. The molecule has 0 bridgehead atoms. The van der Waals surface area contributed by atoms with Crippen LogP contribution in [0.1, 0.15) is 0 Å². The van der Waals surface area contributed by atoms with Crippen molar-refractivity contribution in [2.75, 3.05) is 0 Å². The first-order valence-electron chi connectivity index (χ1n) is 4.93. The van der Waals surface area contributed by atoms with E-state index in [1.807, 2.05) is 0 Å². The van der Waals surface area contributed by atoms with Crippen molar-refractivity contribution in [2.24, 2.45) is 0 Å². The molecule has 0 aliphatic heterocycles. The summed E-state index contributed by atoms with van der Waals surface area (Å²) in [6.07, 6.45) is -6.64. The van der Waals surface area contributed by atoms with Gasteiger partial charge in [0.25, 0.3) is 0 Å². The lowest BCUT2D eigenvalue weighted by molar-refractivity contribution is -0.372. The van der Waals surface area contributed by atoms with Crippen LogP contribution in [0.15, 0.2) is 0 Å². The normalized spacial score (nSPS) is 14.6. The standard InChI is InChI=1S/C9H9F7N2OSi/c1-20(2,3)19-6(4-17,5-18)7(10,11)8(12,13)9(14,15)16/h1-3H3. The van der Waals surface area contributed by atoms with Gasteiger partial charge < -0.3 is 4.43 Å². The molecule has 20 heavy (non-hydrogen) atoms. The van der Waals surface area contributed by atoms with Gasteiger partial charge in [-0.05, 0) is 19.6 Å². The van der Waals surface area contributed by atoms with E-state index in [4.69, 9.17) is 10.5 Å². The Bertz CT molecular complexity index is 441. The highest BCUT2D eigenvalue weighted by atomic mass is 28.4. The minimum Gasteiger partial charge on any atom is -0.385 e. The smallest absolute Gasteiger partial charge is 0.385 e. The molecule has 0 unspecified atom stereocenters. The van der Waals surface area contributed by atoms with E-state index in [-0.39, 0.29) is 0 Å². The molecule has 0 saturated carbocycles. The quantitative estimate of drug-likeness (QED) is 0.588. The van der Waals surface area contributed by atoms with Crippen molar-refractivity contribution in [1.29, 1.82) is 10.5 Å². The Morgan fingerprint density at radius 1 is 0.800 bits per heavy atom. The lowest BCUT2D eigenvalue weighted by Crippen LogP contribution is -2.65. The van der Waals surface area contributed by atoms with Crippen LogP contribution in [0, 0.1) is 22.7 Å². The first-order chi connectivity index (χ1) is 8.58. The molecule has 0 spiro atoms. The summed E-state index contributed by atoms with van der Waals surface area (Å²) in [5.41, 5.74) is -4.23. The summed E-state index contributed by atoms with van der Waals surface area (Å²) in [7, 11) is -3.21. The highest BCUT2D eigenvalue weighted by Gasteiger charge is 2.81. The van der Waals surface area contributed by atoms with Crippen LogP contribution >= 0.6 is 0 Å². The van der Waals surface area contributed by atoms with Crippen molar-refractivity contribution >= 4 is 8.32 Å². The van der Waals surface area contributed by atoms with E-state index < -0.39 is 31.9 Å². The van der Waals surface area contributed by atoms with Gasteiger partial charge in [0.2, 0.25) is 0 Å². The van der Waals surface area contributed by atoms with Gasteiger partial charge >= 0.3 is 23.6 Å². The largest absolute Gasteiger partial charge is 0.460 e. The van der Waals surface area contributed by atoms with Gasteiger partial charge in [-0.3, -0.25) is 0 Å². The van der Waals surface area contributed by atoms with E-state index in [9.17, 15) is 30.7 Å². The average Bonchev–Trinajstić information content (AvgIpc) is 2.22. The maximum Gasteiger partial charge on any atom is 0.460 e. The molecular formula is C9H9F7N2OSi. The Labute approximate surface area is 110 Å². The molecule has 0 amide bonds. The minimum absolute atomic E-state index is 0.462. The third-order valence-corrected chi connectivity index (χ3v) is 2.89. The van der Waals surface area contributed by atoms with Crippen LogP contribution in [0.2, 0.25) is 19.6 Å². The van der Waals surface area contributed by atoms with Crippen molar-refractivity contribution < 1.29 is 35.2 Å². The number of rotatable bonds is 4. The molecule has 0 fully saturated rings. The average molecular weight is 322 g/mol. The summed E-state index contributed by atoms with van der Waals surface area (Å²) in [5, 5.41) is 17.1. The maximum absolute atomic E-state index is 13.5. The monoisotopic (exact) mass is 322 g/mol. The summed E-state index contributed by atoms with van der Waals surface area (Å²) in [6.45, 7) is 3.45. The van der Waals surface area contributed by atoms with Crippen molar-refractivity contribution in [3.63, 3.8) is 0 Å². The molecular weight excluding hydrogens is 313 g/mol. The predicted molar refractivity (Wildman–Crippen MR) is 54.3 cm³/mol. The summed E-state index contributed by atoms with van der Waals surface area (Å²) in [5.74, 6) is -12.7. The zero-order chi connectivity index (χ0) is 16.6. The third-order valence-electron chi connectivity index (χ3n) is 1.97. The Kier molecular flexibility index (Phi) is 4.57. The van der Waals surface area contributed by atoms with Gasteiger partial charge in [-0.1, -0.05) is 0 Å². The first kappa shape index (κ1) is 18.7. The van der Waals surface area contributed by atoms with Crippen molar-refractivity contribution in [1.82, 2.24) is 0 Å². The van der Waals surface area contributed by atoms with Gasteiger partial charge in [0.15, 0.2) is 8.32 Å². The number of halogens is 7. The lowest BCUT2D eigenvalue weighted by atomic mass is 9.93. The van der Waals surface area contributed by atoms with Gasteiger partial charge in [0.05, 0.1) is 0 Å². The zero-order valence-electron chi connectivity index (χ0n) is 10.4. The molecule has 0 saturated heterocycles. The van der Waals surface area contributed by atoms with E-state index in [1.165, 1.54) is 0 Å². The molecule has 0 heterocycles. The van der Waals surface area contributed by atoms with Crippen molar-refractivity contribution in [2.45, 2.75) is 43.3 Å². The highest BCUT2D eigenvalue weighted by Crippen LogP contribution is 2.52. The highest BCUT2D eigenvalue weighted by molar-refractivity contribution is 6.69. The SMILES string of the molecule is C[Si](C)(C)OC(C#N)(C#N)C(F)(F)C(F)(F)C(F)(F)F. The Morgan fingerprint density at radius 2 is 1.15 bits per heavy atom. The van der Waals surface area contributed by atoms with Crippen LogP contribution < -0.4 is 0 Å². The number of nitrogens with zero attached hydrogens (tertiary/aromatic N) is 2. The Balaban J connectivity index is 6.11. The lowest BCUT2D eigenvalue weighted by Gasteiger charge is -2.38.